The van der Waals surface area contributed by atoms with Crippen molar-refractivity contribution in [1.29, 1.82) is 0 Å². The largest absolute Gasteiger partial charge is 0.315 e. The van der Waals surface area contributed by atoms with Crippen molar-refractivity contribution >= 4 is 11.3 Å². The van der Waals surface area contributed by atoms with E-state index in [4.69, 9.17) is 0 Å². The van der Waals surface area contributed by atoms with E-state index in [0.717, 1.165) is 35.5 Å². The highest BCUT2D eigenvalue weighted by Crippen LogP contribution is 2.24. The summed E-state index contributed by atoms with van der Waals surface area (Å²) < 4.78 is 1.94. The lowest BCUT2D eigenvalue weighted by Gasteiger charge is -2.13. The molecule has 0 amide bonds. The second kappa shape index (κ2) is 7.41. The van der Waals surface area contributed by atoms with E-state index in [1.54, 1.807) is 11.3 Å². The van der Waals surface area contributed by atoms with Gasteiger partial charge in [0.15, 0.2) is 0 Å². The van der Waals surface area contributed by atoms with Crippen LogP contribution in [0.4, 0.5) is 0 Å². The number of aromatic nitrogens is 1. The second-order valence-electron chi connectivity index (χ2n) is 4.92. The second-order valence-corrected chi connectivity index (χ2v) is 5.86. The number of rotatable bonds is 7. The van der Waals surface area contributed by atoms with Gasteiger partial charge < -0.3 is 9.88 Å². The summed E-state index contributed by atoms with van der Waals surface area (Å²) in [5, 5.41) is 5.12. The maximum absolute atomic E-state index is 12.6. The molecule has 0 aliphatic rings. The standard InChI is InChI=1S/C16H22N2OS/c1-3-4-5-10-18-14(15-7-6-11-20-15)9-8-13(12-17-2)16(18)19/h6-9,11,17H,3-5,10,12H2,1-2H3. The lowest BCUT2D eigenvalue weighted by molar-refractivity contribution is 0.587. The normalized spacial score (nSPS) is 10.9. The fourth-order valence-electron chi connectivity index (χ4n) is 2.33. The Labute approximate surface area is 124 Å². The summed E-state index contributed by atoms with van der Waals surface area (Å²) in [5.41, 5.74) is 2.02. The molecule has 0 atom stereocenters. The van der Waals surface area contributed by atoms with Gasteiger partial charge in [0, 0.05) is 18.7 Å². The first-order valence-electron chi connectivity index (χ1n) is 7.19. The number of hydrogen-bond donors (Lipinski definition) is 1. The van der Waals surface area contributed by atoms with Crippen LogP contribution in [-0.2, 0) is 13.1 Å². The third-order valence-electron chi connectivity index (χ3n) is 3.38. The van der Waals surface area contributed by atoms with Gasteiger partial charge in [-0.1, -0.05) is 31.9 Å². The molecule has 0 saturated carbocycles. The van der Waals surface area contributed by atoms with E-state index in [1.807, 2.05) is 23.7 Å². The Morgan fingerprint density at radius 1 is 1.25 bits per heavy atom. The van der Waals surface area contributed by atoms with E-state index >= 15 is 0 Å². The third-order valence-corrected chi connectivity index (χ3v) is 4.27. The van der Waals surface area contributed by atoms with Gasteiger partial charge in [-0.25, -0.2) is 0 Å². The number of pyridine rings is 1. The first-order chi connectivity index (χ1) is 9.77. The molecule has 0 bridgehead atoms. The molecule has 0 aromatic carbocycles. The van der Waals surface area contributed by atoms with Gasteiger partial charge in [-0.3, -0.25) is 4.79 Å². The highest BCUT2D eigenvalue weighted by molar-refractivity contribution is 7.13. The Balaban J connectivity index is 2.40. The summed E-state index contributed by atoms with van der Waals surface area (Å²) >= 11 is 1.68. The topological polar surface area (TPSA) is 34.0 Å². The fourth-order valence-corrected chi connectivity index (χ4v) is 3.09. The molecule has 0 unspecified atom stereocenters. The average Bonchev–Trinajstić information content (AvgIpc) is 2.97. The quantitative estimate of drug-likeness (QED) is 0.792. The highest BCUT2D eigenvalue weighted by Gasteiger charge is 2.10. The van der Waals surface area contributed by atoms with Crippen molar-refractivity contribution in [2.24, 2.45) is 0 Å². The molecule has 0 saturated heterocycles. The number of unbranched alkanes of at least 4 members (excludes halogenated alkanes) is 2. The van der Waals surface area contributed by atoms with E-state index in [0.29, 0.717) is 6.54 Å². The summed E-state index contributed by atoms with van der Waals surface area (Å²) in [4.78, 5) is 13.8. The minimum absolute atomic E-state index is 0.140. The Bertz CT molecular complexity index is 587. The van der Waals surface area contributed by atoms with E-state index in [9.17, 15) is 4.79 Å². The van der Waals surface area contributed by atoms with Crippen LogP contribution in [-0.4, -0.2) is 11.6 Å². The van der Waals surface area contributed by atoms with Crippen molar-refractivity contribution in [3.63, 3.8) is 0 Å². The van der Waals surface area contributed by atoms with Crippen LogP contribution in [0.3, 0.4) is 0 Å². The Morgan fingerprint density at radius 2 is 2.10 bits per heavy atom. The summed E-state index contributed by atoms with van der Waals surface area (Å²) in [6.45, 7) is 3.61. The maximum Gasteiger partial charge on any atom is 0.255 e. The maximum atomic E-state index is 12.6. The van der Waals surface area contributed by atoms with Crippen LogP contribution in [0.5, 0.6) is 0 Å². The summed E-state index contributed by atoms with van der Waals surface area (Å²) in [6, 6.07) is 8.13. The van der Waals surface area contributed by atoms with Crippen LogP contribution in [0.15, 0.2) is 34.4 Å². The summed E-state index contributed by atoms with van der Waals surface area (Å²) in [7, 11) is 1.87. The van der Waals surface area contributed by atoms with Crippen LogP contribution in [0.25, 0.3) is 10.6 Å². The molecule has 0 spiro atoms. The lowest BCUT2D eigenvalue weighted by Crippen LogP contribution is -2.27. The van der Waals surface area contributed by atoms with E-state index in [-0.39, 0.29) is 5.56 Å². The smallest absolute Gasteiger partial charge is 0.255 e. The van der Waals surface area contributed by atoms with Gasteiger partial charge in [0.25, 0.3) is 5.56 Å². The molecule has 0 aliphatic carbocycles. The minimum atomic E-state index is 0.140. The Morgan fingerprint density at radius 3 is 2.75 bits per heavy atom. The molecular formula is C16H22N2OS. The monoisotopic (exact) mass is 290 g/mol. The molecule has 20 heavy (non-hydrogen) atoms. The summed E-state index contributed by atoms with van der Waals surface area (Å²) in [5.74, 6) is 0. The van der Waals surface area contributed by atoms with Crippen LogP contribution < -0.4 is 10.9 Å². The van der Waals surface area contributed by atoms with Gasteiger partial charge in [0.1, 0.15) is 0 Å². The number of nitrogens with one attached hydrogen (secondary N) is 1. The fraction of sp³-hybridized carbons (Fsp3) is 0.438. The van der Waals surface area contributed by atoms with Crippen LogP contribution in [0, 0.1) is 0 Å². The van der Waals surface area contributed by atoms with Crippen molar-refractivity contribution in [3.05, 3.63) is 45.6 Å². The molecule has 0 fully saturated rings. The van der Waals surface area contributed by atoms with Gasteiger partial charge in [-0.15, -0.1) is 11.3 Å². The highest BCUT2D eigenvalue weighted by atomic mass is 32.1. The van der Waals surface area contributed by atoms with Gasteiger partial charge >= 0.3 is 0 Å². The van der Waals surface area contributed by atoms with E-state index < -0.39 is 0 Å². The van der Waals surface area contributed by atoms with Gasteiger partial charge in [-0.05, 0) is 31.0 Å². The zero-order valence-corrected chi connectivity index (χ0v) is 13.0. The van der Waals surface area contributed by atoms with Crippen LogP contribution >= 0.6 is 11.3 Å². The average molecular weight is 290 g/mol. The minimum Gasteiger partial charge on any atom is -0.315 e. The Kier molecular flexibility index (Phi) is 5.56. The van der Waals surface area contributed by atoms with E-state index in [1.165, 1.54) is 6.42 Å². The molecule has 0 aliphatic heterocycles. The lowest BCUT2D eigenvalue weighted by atomic mass is 10.2. The zero-order valence-electron chi connectivity index (χ0n) is 12.2. The van der Waals surface area contributed by atoms with Crippen molar-refractivity contribution in [2.45, 2.75) is 39.3 Å². The molecule has 108 valence electrons. The molecule has 2 heterocycles. The van der Waals surface area contributed by atoms with Crippen molar-refractivity contribution < 1.29 is 0 Å². The number of thiophene rings is 1. The number of nitrogens with zero attached hydrogens (tertiary/aromatic N) is 1. The summed E-state index contributed by atoms with van der Waals surface area (Å²) in [6.07, 6.45) is 3.38. The zero-order chi connectivity index (χ0) is 14.4. The predicted molar refractivity (Wildman–Crippen MR) is 86.3 cm³/mol. The van der Waals surface area contributed by atoms with Gasteiger partial charge in [0.2, 0.25) is 0 Å². The third kappa shape index (κ3) is 3.38. The molecule has 2 aromatic heterocycles. The molecular weight excluding hydrogens is 268 g/mol. The molecule has 2 aromatic rings. The SMILES string of the molecule is CCCCCn1c(-c2cccs2)ccc(CNC)c1=O. The first kappa shape index (κ1) is 15.0. The van der Waals surface area contributed by atoms with Gasteiger partial charge in [-0.2, -0.15) is 0 Å². The first-order valence-corrected chi connectivity index (χ1v) is 8.07. The molecule has 3 nitrogen and oxygen atoms in total. The van der Waals surface area contributed by atoms with Gasteiger partial charge in [0.05, 0.1) is 10.6 Å². The predicted octanol–water partition coefficient (Wildman–Crippen LogP) is 3.49. The van der Waals surface area contributed by atoms with Crippen LogP contribution in [0.2, 0.25) is 0 Å². The molecule has 2 rings (SSSR count). The van der Waals surface area contributed by atoms with Crippen molar-refractivity contribution in [2.75, 3.05) is 7.05 Å². The van der Waals surface area contributed by atoms with Crippen LogP contribution in [0.1, 0.15) is 31.7 Å². The van der Waals surface area contributed by atoms with Crippen molar-refractivity contribution in [1.82, 2.24) is 9.88 Å². The van der Waals surface area contributed by atoms with Crippen molar-refractivity contribution in [3.8, 4) is 10.6 Å². The van der Waals surface area contributed by atoms with E-state index in [2.05, 4.69) is 29.8 Å². The molecule has 1 N–H and O–H groups in total. The molecule has 4 heteroatoms. The number of hydrogen-bond acceptors (Lipinski definition) is 3. The Hall–Kier alpha value is -1.39. The molecule has 0 radical (unpaired) electrons.